The van der Waals surface area contributed by atoms with Crippen LogP contribution in [0.1, 0.15) is 29.4 Å². The number of esters is 1. The molecule has 0 unspecified atom stereocenters. The van der Waals surface area contributed by atoms with Gasteiger partial charge in [0.25, 0.3) is 5.56 Å². The lowest BCUT2D eigenvalue weighted by molar-refractivity contribution is 0.0599. The first-order valence-electron chi connectivity index (χ1n) is 6.17. The fourth-order valence-electron chi connectivity index (χ4n) is 2.04. The van der Waals surface area contributed by atoms with E-state index in [1.54, 1.807) is 29.8 Å². The van der Waals surface area contributed by atoms with Crippen molar-refractivity contribution in [2.24, 2.45) is 0 Å². The quantitative estimate of drug-likeness (QED) is 0.791. The van der Waals surface area contributed by atoms with E-state index < -0.39 is 5.97 Å². The summed E-state index contributed by atoms with van der Waals surface area (Å²) in [4.78, 5) is 28.2. The Morgan fingerprint density at radius 2 is 2.21 bits per heavy atom. The molecule has 0 aliphatic carbocycles. The summed E-state index contributed by atoms with van der Waals surface area (Å²) in [6, 6.07) is 3.36. The van der Waals surface area contributed by atoms with Gasteiger partial charge in [-0.25, -0.2) is 4.79 Å². The Kier molecular flexibility index (Phi) is 3.64. The highest BCUT2D eigenvalue weighted by atomic mass is 16.5. The molecule has 0 aromatic carbocycles. The lowest BCUT2D eigenvalue weighted by Gasteiger charge is -2.08. The Balaban J connectivity index is 2.71. The number of carbonyl (C=O) groups excluding carboxylic acids is 1. The molecular formula is C14H16N2O3. The zero-order chi connectivity index (χ0) is 14.0. The number of nitrogens with zero attached hydrogens (tertiary/aromatic N) is 2. The SMILES string of the molecule is CCCn1ccc2nc(C)c(C(=O)OC)cc2c1=O. The van der Waals surface area contributed by atoms with E-state index in [2.05, 4.69) is 4.98 Å². The molecule has 2 aromatic rings. The Bertz CT molecular complexity index is 689. The fraction of sp³-hybridized carbons (Fsp3) is 0.357. The minimum Gasteiger partial charge on any atom is -0.465 e. The van der Waals surface area contributed by atoms with Gasteiger partial charge >= 0.3 is 5.97 Å². The van der Waals surface area contributed by atoms with Crippen molar-refractivity contribution in [1.29, 1.82) is 0 Å². The van der Waals surface area contributed by atoms with Crippen LogP contribution in [0.5, 0.6) is 0 Å². The van der Waals surface area contributed by atoms with E-state index in [4.69, 9.17) is 4.74 Å². The number of pyridine rings is 2. The highest BCUT2D eigenvalue weighted by molar-refractivity contribution is 5.94. The highest BCUT2D eigenvalue weighted by Gasteiger charge is 2.13. The lowest BCUT2D eigenvalue weighted by atomic mass is 10.1. The van der Waals surface area contributed by atoms with Gasteiger partial charge in [-0.1, -0.05) is 6.92 Å². The molecule has 2 aromatic heterocycles. The van der Waals surface area contributed by atoms with Crippen LogP contribution in [0.3, 0.4) is 0 Å². The molecule has 100 valence electrons. The third kappa shape index (κ3) is 2.36. The predicted molar refractivity (Wildman–Crippen MR) is 72.4 cm³/mol. The van der Waals surface area contributed by atoms with Crippen LogP contribution >= 0.6 is 0 Å². The largest absolute Gasteiger partial charge is 0.465 e. The van der Waals surface area contributed by atoms with Crippen LogP contribution < -0.4 is 5.56 Å². The van der Waals surface area contributed by atoms with Crippen molar-refractivity contribution in [3.63, 3.8) is 0 Å². The number of carbonyl (C=O) groups is 1. The molecule has 0 aliphatic rings. The Morgan fingerprint density at radius 1 is 1.47 bits per heavy atom. The van der Waals surface area contributed by atoms with Crippen LogP contribution in [0.15, 0.2) is 23.1 Å². The van der Waals surface area contributed by atoms with Gasteiger partial charge in [0, 0.05) is 12.7 Å². The maximum Gasteiger partial charge on any atom is 0.339 e. The summed E-state index contributed by atoms with van der Waals surface area (Å²) < 4.78 is 6.32. The Morgan fingerprint density at radius 3 is 2.84 bits per heavy atom. The topological polar surface area (TPSA) is 61.2 Å². The van der Waals surface area contributed by atoms with Crippen LogP contribution in [0.25, 0.3) is 10.9 Å². The summed E-state index contributed by atoms with van der Waals surface area (Å²) in [6.45, 7) is 4.38. The standard InChI is InChI=1S/C14H16N2O3/c1-4-6-16-7-5-12-11(13(16)17)8-10(9(2)15-12)14(18)19-3/h5,7-8H,4,6H2,1-3H3. The molecule has 2 heterocycles. The highest BCUT2D eigenvalue weighted by Crippen LogP contribution is 2.14. The van der Waals surface area contributed by atoms with Crippen LogP contribution in [-0.4, -0.2) is 22.6 Å². The predicted octanol–water partition coefficient (Wildman–Crippen LogP) is 1.90. The van der Waals surface area contributed by atoms with E-state index in [9.17, 15) is 9.59 Å². The van der Waals surface area contributed by atoms with Gasteiger partial charge in [-0.15, -0.1) is 0 Å². The first-order valence-corrected chi connectivity index (χ1v) is 6.17. The second kappa shape index (κ2) is 5.22. The summed E-state index contributed by atoms with van der Waals surface area (Å²) in [6.07, 6.45) is 2.60. The van der Waals surface area contributed by atoms with Crippen molar-refractivity contribution in [1.82, 2.24) is 9.55 Å². The minimum atomic E-state index is -0.475. The Labute approximate surface area is 110 Å². The number of rotatable bonds is 3. The number of ether oxygens (including phenoxy) is 1. The zero-order valence-electron chi connectivity index (χ0n) is 11.3. The van der Waals surface area contributed by atoms with E-state index in [0.717, 1.165) is 6.42 Å². The lowest BCUT2D eigenvalue weighted by Crippen LogP contribution is -2.20. The molecule has 0 aliphatic heterocycles. The first kappa shape index (κ1) is 13.3. The van der Waals surface area contributed by atoms with Gasteiger partial charge in [-0.2, -0.15) is 0 Å². The molecular weight excluding hydrogens is 244 g/mol. The van der Waals surface area contributed by atoms with Gasteiger partial charge in [-0.3, -0.25) is 9.78 Å². The van der Waals surface area contributed by atoms with Crippen LogP contribution in [-0.2, 0) is 11.3 Å². The molecule has 0 amide bonds. The van der Waals surface area contributed by atoms with E-state index in [-0.39, 0.29) is 5.56 Å². The molecule has 0 N–H and O–H groups in total. The molecule has 0 spiro atoms. The van der Waals surface area contributed by atoms with Crippen molar-refractivity contribution in [3.8, 4) is 0 Å². The molecule has 5 heteroatoms. The third-order valence-electron chi connectivity index (χ3n) is 3.02. The fourth-order valence-corrected chi connectivity index (χ4v) is 2.04. The van der Waals surface area contributed by atoms with Crippen molar-refractivity contribution in [2.45, 2.75) is 26.8 Å². The molecule has 0 bridgehead atoms. The van der Waals surface area contributed by atoms with Crippen molar-refractivity contribution in [3.05, 3.63) is 39.9 Å². The Hall–Kier alpha value is -2.17. The van der Waals surface area contributed by atoms with Crippen molar-refractivity contribution >= 4 is 16.9 Å². The summed E-state index contributed by atoms with van der Waals surface area (Å²) >= 11 is 0. The van der Waals surface area contributed by atoms with Gasteiger partial charge in [0.1, 0.15) is 0 Å². The molecule has 19 heavy (non-hydrogen) atoms. The third-order valence-corrected chi connectivity index (χ3v) is 3.02. The maximum atomic E-state index is 12.3. The zero-order valence-corrected chi connectivity index (χ0v) is 11.3. The van der Waals surface area contributed by atoms with E-state index in [1.165, 1.54) is 7.11 Å². The van der Waals surface area contributed by atoms with Crippen LogP contribution in [0, 0.1) is 6.92 Å². The summed E-state index contributed by atoms with van der Waals surface area (Å²) in [7, 11) is 1.31. The second-order valence-electron chi connectivity index (χ2n) is 4.36. The molecule has 0 radical (unpaired) electrons. The van der Waals surface area contributed by atoms with Gasteiger partial charge in [0.2, 0.25) is 0 Å². The smallest absolute Gasteiger partial charge is 0.339 e. The number of aryl methyl sites for hydroxylation is 2. The molecule has 0 fully saturated rings. The molecule has 0 saturated carbocycles. The van der Waals surface area contributed by atoms with E-state index >= 15 is 0 Å². The molecule has 2 rings (SSSR count). The van der Waals surface area contributed by atoms with E-state index in [1.807, 2.05) is 6.92 Å². The first-order chi connectivity index (χ1) is 9.08. The van der Waals surface area contributed by atoms with Gasteiger partial charge in [-0.05, 0) is 25.5 Å². The van der Waals surface area contributed by atoms with Gasteiger partial charge in [0.15, 0.2) is 0 Å². The van der Waals surface area contributed by atoms with Crippen LogP contribution in [0.4, 0.5) is 0 Å². The maximum absolute atomic E-state index is 12.3. The number of fused-ring (bicyclic) bond motifs is 1. The number of aromatic nitrogens is 2. The van der Waals surface area contributed by atoms with Gasteiger partial charge in [0.05, 0.1) is 29.3 Å². The molecule has 0 saturated heterocycles. The molecule has 5 nitrogen and oxygen atoms in total. The van der Waals surface area contributed by atoms with E-state index in [0.29, 0.717) is 28.7 Å². The number of hydrogen-bond acceptors (Lipinski definition) is 4. The summed E-state index contributed by atoms with van der Waals surface area (Å²) in [5, 5.41) is 0.446. The van der Waals surface area contributed by atoms with Gasteiger partial charge < -0.3 is 9.30 Å². The second-order valence-corrected chi connectivity index (χ2v) is 4.36. The summed E-state index contributed by atoms with van der Waals surface area (Å²) in [5.74, 6) is -0.475. The van der Waals surface area contributed by atoms with Crippen LogP contribution in [0.2, 0.25) is 0 Å². The molecule has 0 atom stereocenters. The number of methoxy groups -OCH3 is 1. The van der Waals surface area contributed by atoms with Crippen molar-refractivity contribution < 1.29 is 9.53 Å². The normalized spacial score (nSPS) is 10.7. The summed E-state index contributed by atoms with van der Waals surface area (Å²) in [5.41, 5.74) is 1.37. The number of hydrogen-bond donors (Lipinski definition) is 0. The van der Waals surface area contributed by atoms with Crippen molar-refractivity contribution in [2.75, 3.05) is 7.11 Å². The minimum absolute atomic E-state index is 0.128. The average Bonchev–Trinajstić information content (AvgIpc) is 2.41. The average molecular weight is 260 g/mol. The monoisotopic (exact) mass is 260 g/mol.